The highest BCUT2D eigenvalue weighted by molar-refractivity contribution is 8.00. The van der Waals surface area contributed by atoms with Gasteiger partial charge in [-0.3, -0.25) is 14.4 Å². The maximum absolute atomic E-state index is 13.0. The molecule has 164 valence electrons. The molecule has 4 rings (SSSR count). The summed E-state index contributed by atoms with van der Waals surface area (Å²) in [7, 11) is 1.58. The highest BCUT2D eigenvalue weighted by Crippen LogP contribution is 2.35. The van der Waals surface area contributed by atoms with Crippen molar-refractivity contribution in [2.75, 3.05) is 12.0 Å². The van der Waals surface area contributed by atoms with E-state index in [1.54, 1.807) is 19.2 Å². The molecule has 0 spiro atoms. The number of nitrogens with zero attached hydrogens (tertiary/aromatic N) is 3. The van der Waals surface area contributed by atoms with Crippen LogP contribution in [0.4, 0.5) is 5.69 Å². The van der Waals surface area contributed by atoms with E-state index in [0.29, 0.717) is 27.7 Å². The van der Waals surface area contributed by atoms with Gasteiger partial charge in [-0.1, -0.05) is 11.8 Å². The van der Waals surface area contributed by atoms with Crippen molar-refractivity contribution >= 4 is 35.2 Å². The molecule has 1 fully saturated rings. The van der Waals surface area contributed by atoms with E-state index < -0.39 is 17.1 Å². The Labute approximate surface area is 194 Å². The number of methoxy groups -OCH3 is 1. The molecule has 0 radical (unpaired) electrons. The summed E-state index contributed by atoms with van der Waals surface area (Å²) in [5.41, 5.74) is 7.67. The van der Waals surface area contributed by atoms with Gasteiger partial charge in [0.1, 0.15) is 16.8 Å². The fraction of sp³-hybridized carbons (Fsp3) is 0.125. The van der Waals surface area contributed by atoms with Gasteiger partial charge in [-0.25, -0.2) is 9.88 Å². The molecule has 3 amide bonds. The number of carbonyl (C=O) groups excluding carboxylic acids is 3. The van der Waals surface area contributed by atoms with Crippen LogP contribution in [0.15, 0.2) is 65.7 Å². The number of nitrogens with two attached hydrogens (primary N) is 1. The lowest BCUT2D eigenvalue weighted by molar-refractivity contribution is -0.121. The van der Waals surface area contributed by atoms with Gasteiger partial charge in [0.05, 0.1) is 29.3 Å². The van der Waals surface area contributed by atoms with Crippen molar-refractivity contribution < 1.29 is 19.1 Å². The Morgan fingerprint density at radius 2 is 1.82 bits per heavy atom. The fourth-order valence-electron chi connectivity index (χ4n) is 3.41. The summed E-state index contributed by atoms with van der Waals surface area (Å²) in [4.78, 5) is 42.6. The number of benzene rings is 2. The van der Waals surface area contributed by atoms with E-state index in [1.165, 1.54) is 24.3 Å². The summed E-state index contributed by atoms with van der Waals surface area (Å²) in [6.45, 7) is 0. The van der Waals surface area contributed by atoms with Crippen LogP contribution in [-0.4, -0.2) is 35.1 Å². The molecule has 1 aromatic heterocycles. The van der Waals surface area contributed by atoms with Crippen LogP contribution in [0.25, 0.3) is 11.3 Å². The van der Waals surface area contributed by atoms with E-state index >= 15 is 0 Å². The van der Waals surface area contributed by atoms with Gasteiger partial charge in [-0.2, -0.15) is 5.26 Å². The lowest BCUT2D eigenvalue weighted by Gasteiger charge is -2.15. The average Bonchev–Trinajstić information content (AvgIpc) is 3.11. The first-order valence-corrected chi connectivity index (χ1v) is 10.8. The second kappa shape index (κ2) is 9.14. The van der Waals surface area contributed by atoms with Crippen molar-refractivity contribution in [3.63, 3.8) is 0 Å². The maximum atomic E-state index is 13.0. The first-order chi connectivity index (χ1) is 15.9. The number of thioether (sulfide) groups is 1. The minimum atomic E-state index is -0.723. The molecule has 0 bridgehead atoms. The number of rotatable bonds is 6. The summed E-state index contributed by atoms with van der Waals surface area (Å²) >= 11 is 1.09. The maximum Gasteiger partial charge on any atom is 0.248 e. The molecule has 2 heterocycles. The zero-order valence-electron chi connectivity index (χ0n) is 17.5. The number of pyridine rings is 1. The Morgan fingerprint density at radius 1 is 1.12 bits per heavy atom. The summed E-state index contributed by atoms with van der Waals surface area (Å²) < 4.78 is 5.18. The van der Waals surface area contributed by atoms with Crippen molar-refractivity contribution in [1.29, 1.82) is 5.26 Å². The molecule has 9 heteroatoms. The number of imide groups is 1. The topological polar surface area (TPSA) is 126 Å². The smallest absolute Gasteiger partial charge is 0.248 e. The van der Waals surface area contributed by atoms with Crippen molar-refractivity contribution in [1.82, 2.24) is 4.98 Å². The minimum Gasteiger partial charge on any atom is -0.497 e. The van der Waals surface area contributed by atoms with Crippen LogP contribution in [0.5, 0.6) is 5.75 Å². The summed E-state index contributed by atoms with van der Waals surface area (Å²) in [6, 6.07) is 18.7. The van der Waals surface area contributed by atoms with E-state index in [-0.39, 0.29) is 17.9 Å². The van der Waals surface area contributed by atoms with Crippen LogP contribution in [0, 0.1) is 11.3 Å². The molecule has 3 aromatic rings. The van der Waals surface area contributed by atoms with Crippen LogP contribution < -0.4 is 15.4 Å². The average molecular weight is 458 g/mol. The Morgan fingerprint density at radius 3 is 2.42 bits per heavy atom. The number of anilines is 1. The number of amides is 3. The largest absolute Gasteiger partial charge is 0.497 e. The van der Waals surface area contributed by atoms with Crippen LogP contribution >= 0.6 is 11.8 Å². The second-order valence-corrected chi connectivity index (χ2v) is 8.37. The van der Waals surface area contributed by atoms with E-state index in [4.69, 9.17) is 10.5 Å². The van der Waals surface area contributed by atoms with Crippen molar-refractivity contribution in [2.45, 2.75) is 16.7 Å². The number of hydrogen-bond acceptors (Lipinski definition) is 7. The van der Waals surface area contributed by atoms with Crippen molar-refractivity contribution in [3.05, 3.63) is 71.8 Å². The molecule has 0 saturated carbocycles. The summed E-state index contributed by atoms with van der Waals surface area (Å²) in [6.07, 6.45) is -0.0274. The third kappa shape index (κ3) is 4.42. The van der Waals surface area contributed by atoms with E-state index in [2.05, 4.69) is 11.1 Å². The minimum absolute atomic E-state index is 0.0274. The number of carbonyl (C=O) groups is 3. The summed E-state index contributed by atoms with van der Waals surface area (Å²) in [5.74, 6) is -0.659. The molecular weight excluding hydrogens is 440 g/mol. The number of nitriles is 1. The number of aromatic nitrogens is 1. The van der Waals surface area contributed by atoms with E-state index in [1.807, 2.05) is 24.3 Å². The van der Waals surface area contributed by atoms with Crippen LogP contribution in [0.2, 0.25) is 0 Å². The second-order valence-electron chi connectivity index (χ2n) is 7.18. The van der Waals surface area contributed by atoms with Gasteiger partial charge >= 0.3 is 0 Å². The standard InChI is InChI=1S/C24H18N4O4S/c1-32-18-9-4-14(5-10-18)19-11-6-16(13-25)23(27-19)33-20-12-21(29)28(24(20)31)17-7-2-15(3-8-17)22(26)30/h2-11,20H,12H2,1H3,(H2,26,30). The molecule has 1 atom stereocenters. The third-order valence-electron chi connectivity index (χ3n) is 5.14. The zero-order chi connectivity index (χ0) is 23.5. The van der Waals surface area contributed by atoms with Crippen molar-refractivity contribution in [3.8, 4) is 23.1 Å². The number of primary amides is 1. The number of hydrogen-bond donors (Lipinski definition) is 1. The van der Waals surface area contributed by atoms with Crippen molar-refractivity contribution in [2.24, 2.45) is 5.73 Å². The lowest BCUT2D eigenvalue weighted by Crippen LogP contribution is -2.31. The fourth-order valence-corrected chi connectivity index (χ4v) is 4.51. The first-order valence-electron chi connectivity index (χ1n) is 9.90. The Hall–Kier alpha value is -4.16. The van der Waals surface area contributed by atoms with Gasteiger partial charge in [-0.15, -0.1) is 0 Å². The molecule has 2 aromatic carbocycles. The van der Waals surface area contributed by atoms with E-state index in [9.17, 15) is 19.6 Å². The molecule has 1 unspecified atom stereocenters. The van der Waals surface area contributed by atoms with E-state index in [0.717, 1.165) is 22.2 Å². The molecule has 2 N–H and O–H groups in total. The molecule has 8 nitrogen and oxygen atoms in total. The Balaban J connectivity index is 1.59. The quantitative estimate of drug-likeness (QED) is 0.562. The monoisotopic (exact) mass is 458 g/mol. The van der Waals surface area contributed by atoms with Gasteiger partial charge in [0, 0.05) is 17.5 Å². The highest BCUT2D eigenvalue weighted by atomic mass is 32.2. The predicted octanol–water partition coefficient (Wildman–Crippen LogP) is 3.15. The molecule has 1 aliphatic rings. The molecule has 1 aliphatic heterocycles. The lowest BCUT2D eigenvalue weighted by atomic mass is 10.1. The van der Waals surface area contributed by atoms with Crippen LogP contribution in [-0.2, 0) is 9.59 Å². The molecular formula is C24H18N4O4S. The number of ether oxygens (including phenoxy) is 1. The van der Waals surface area contributed by atoms with Crippen LogP contribution in [0.3, 0.4) is 0 Å². The molecule has 33 heavy (non-hydrogen) atoms. The predicted molar refractivity (Wildman–Crippen MR) is 123 cm³/mol. The van der Waals surface area contributed by atoms with Gasteiger partial charge in [0.2, 0.25) is 17.7 Å². The first kappa shape index (κ1) is 22.0. The van der Waals surface area contributed by atoms with Gasteiger partial charge in [0.25, 0.3) is 0 Å². The molecule has 0 aliphatic carbocycles. The van der Waals surface area contributed by atoms with Gasteiger partial charge < -0.3 is 10.5 Å². The normalized spacial score (nSPS) is 15.4. The van der Waals surface area contributed by atoms with Gasteiger partial charge in [-0.05, 0) is 60.7 Å². The highest BCUT2D eigenvalue weighted by Gasteiger charge is 2.40. The molecule has 1 saturated heterocycles. The Bertz CT molecular complexity index is 1280. The summed E-state index contributed by atoms with van der Waals surface area (Å²) in [5, 5.41) is 9.18. The Kier molecular flexibility index (Phi) is 6.11. The van der Waals surface area contributed by atoms with Gasteiger partial charge in [0.15, 0.2) is 0 Å². The third-order valence-corrected chi connectivity index (χ3v) is 6.32. The van der Waals surface area contributed by atoms with Crippen LogP contribution in [0.1, 0.15) is 22.3 Å². The SMILES string of the molecule is COc1ccc(-c2ccc(C#N)c(SC3CC(=O)N(c4ccc(C(N)=O)cc4)C3=O)n2)cc1. The zero-order valence-corrected chi connectivity index (χ0v) is 18.3.